The van der Waals surface area contributed by atoms with E-state index in [9.17, 15) is 29.1 Å². The van der Waals surface area contributed by atoms with Crippen LogP contribution in [0.15, 0.2) is 0 Å². The van der Waals surface area contributed by atoms with Crippen LogP contribution in [-0.4, -0.2) is 145 Å². The number of aliphatic carboxylic acids is 1. The highest BCUT2D eigenvalue weighted by Gasteiger charge is 2.43. The number of ketones is 2. The first-order chi connectivity index (χ1) is 25.0. The average Bonchev–Trinajstić information content (AvgIpc) is 3.61. The van der Waals surface area contributed by atoms with Crippen LogP contribution < -0.4 is 5.32 Å². The molecule has 0 aromatic carbocycles. The number of carboxylic acid groups (broad SMARTS) is 1. The molecule has 2 aliphatic rings. The quantitative estimate of drug-likeness (QED) is 0.143. The van der Waals surface area contributed by atoms with Gasteiger partial charge in [-0.15, -0.1) is 0 Å². The van der Waals surface area contributed by atoms with E-state index in [0.29, 0.717) is 25.1 Å². The summed E-state index contributed by atoms with van der Waals surface area (Å²) >= 11 is 1.55. The Morgan fingerprint density at radius 2 is 1.55 bits per heavy atom. The molecule has 2 aliphatic heterocycles. The molecule has 0 spiro atoms. The molecule has 2 rings (SSSR count). The lowest BCUT2D eigenvalue weighted by Crippen LogP contribution is -2.55. The van der Waals surface area contributed by atoms with Gasteiger partial charge in [0.15, 0.2) is 5.78 Å². The maximum absolute atomic E-state index is 14.4. The molecule has 306 valence electrons. The SMILES string of the molecule is CC[C@H](C)[C@@H](C(CC(=O)N1CCC[C@H]1[C@H](OC)[C@@H](C)C(=O)C[C@@H](CCSC)C(=O)O)OC)N(C)C(=O)[C@@H](CC(=O)[C@H](C(C)C)N1CCNCC1)C(C)C. The molecule has 0 aromatic heterocycles. The summed E-state index contributed by atoms with van der Waals surface area (Å²) in [6.07, 6.45) is 3.44. The number of hydrogen-bond acceptors (Lipinski definition) is 10. The molecule has 2 N–H and O–H groups in total. The minimum absolute atomic E-state index is 0.00140. The maximum atomic E-state index is 14.4. The van der Waals surface area contributed by atoms with E-state index in [0.717, 1.165) is 39.0 Å². The lowest BCUT2D eigenvalue weighted by molar-refractivity contribution is -0.149. The average molecular weight is 769 g/mol. The van der Waals surface area contributed by atoms with Gasteiger partial charge in [0.2, 0.25) is 11.8 Å². The van der Waals surface area contributed by atoms with Gasteiger partial charge in [-0.3, -0.25) is 28.9 Å². The largest absolute Gasteiger partial charge is 0.481 e. The minimum atomic E-state index is -0.975. The summed E-state index contributed by atoms with van der Waals surface area (Å²) in [5.41, 5.74) is 0. The Labute approximate surface area is 324 Å². The molecule has 2 saturated heterocycles. The number of Topliss-reactive ketones (excluding diaryl/α,β-unsaturated/α-hetero) is 2. The lowest BCUT2D eigenvalue weighted by atomic mass is 9.83. The fourth-order valence-corrected chi connectivity index (χ4v) is 9.03. The van der Waals surface area contributed by atoms with Crippen molar-refractivity contribution in [3.05, 3.63) is 0 Å². The van der Waals surface area contributed by atoms with Gasteiger partial charge in [0.05, 0.1) is 42.7 Å². The van der Waals surface area contributed by atoms with Gasteiger partial charge in [-0.1, -0.05) is 54.9 Å². The van der Waals surface area contributed by atoms with Crippen molar-refractivity contribution in [2.24, 2.45) is 35.5 Å². The number of piperazine rings is 1. The molecule has 0 bridgehead atoms. The minimum Gasteiger partial charge on any atom is -0.481 e. The van der Waals surface area contributed by atoms with E-state index >= 15 is 0 Å². The van der Waals surface area contributed by atoms with Crippen molar-refractivity contribution in [2.45, 2.75) is 124 Å². The summed E-state index contributed by atoms with van der Waals surface area (Å²) in [5, 5.41) is 13.1. The number of rotatable bonds is 24. The van der Waals surface area contributed by atoms with Gasteiger partial charge in [-0.2, -0.15) is 11.8 Å². The molecule has 12 nitrogen and oxygen atoms in total. The number of amides is 2. The van der Waals surface area contributed by atoms with Crippen LogP contribution in [-0.2, 0) is 33.4 Å². The molecule has 2 heterocycles. The molecule has 9 atom stereocenters. The Balaban J connectivity index is 2.27. The van der Waals surface area contributed by atoms with Gasteiger partial charge in [0, 0.05) is 78.7 Å². The number of likely N-dealkylation sites (N-methyl/N-ethyl adjacent to an activating group) is 1. The zero-order valence-electron chi connectivity index (χ0n) is 34.6. The highest BCUT2D eigenvalue weighted by molar-refractivity contribution is 7.98. The molecule has 2 fully saturated rings. The number of nitrogens with one attached hydrogen (secondary N) is 1. The Morgan fingerprint density at radius 3 is 2.06 bits per heavy atom. The third kappa shape index (κ3) is 13.0. The summed E-state index contributed by atoms with van der Waals surface area (Å²) in [4.78, 5) is 73.6. The second kappa shape index (κ2) is 23.1. The first kappa shape index (κ1) is 47.1. The molecule has 0 radical (unpaired) electrons. The van der Waals surface area contributed by atoms with E-state index in [1.165, 1.54) is 7.11 Å². The van der Waals surface area contributed by atoms with Gasteiger partial charge in [0.1, 0.15) is 5.78 Å². The number of carbonyl (C=O) groups excluding carboxylic acids is 4. The second-order valence-electron chi connectivity index (χ2n) is 16.1. The van der Waals surface area contributed by atoms with Crippen molar-refractivity contribution in [2.75, 3.05) is 66.0 Å². The second-order valence-corrected chi connectivity index (χ2v) is 17.1. The number of carbonyl (C=O) groups is 5. The van der Waals surface area contributed by atoms with Crippen molar-refractivity contribution < 1.29 is 38.6 Å². The summed E-state index contributed by atoms with van der Waals surface area (Å²) in [6.45, 7) is 17.8. The monoisotopic (exact) mass is 769 g/mol. The summed E-state index contributed by atoms with van der Waals surface area (Å²) < 4.78 is 11.9. The Morgan fingerprint density at radius 1 is 0.906 bits per heavy atom. The first-order valence-electron chi connectivity index (χ1n) is 19.9. The molecular weight excluding hydrogens is 697 g/mol. The zero-order valence-corrected chi connectivity index (χ0v) is 35.4. The number of thioether (sulfide) groups is 1. The Bertz CT molecular complexity index is 1180. The number of ether oxygens (including phenoxy) is 2. The van der Waals surface area contributed by atoms with Crippen molar-refractivity contribution in [1.82, 2.24) is 20.0 Å². The first-order valence-corrected chi connectivity index (χ1v) is 21.3. The van der Waals surface area contributed by atoms with Crippen molar-refractivity contribution >= 4 is 41.1 Å². The van der Waals surface area contributed by atoms with Crippen LogP contribution in [0.3, 0.4) is 0 Å². The highest BCUT2D eigenvalue weighted by atomic mass is 32.2. The topological polar surface area (TPSA) is 146 Å². The van der Waals surface area contributed by atoms with Crippen LogP contribution in [0, 0.1) is 35.5 Å². The predicted octanol–water partition coefficient (Wildman–Crippen LogP) is 4.48. The smallest absolute Gasteiger partial charge is 0.306 e. The number of methoxy groups -OCH3 is 2. The normalized spacial score (nSPS) is 21.5. The van der Waals surface area contributed by atoms with E-state index in [1.807, 2.05) is 20.1 Å². The lowest BCUT2D eigenvalue weighted by Gasteiger charge is -2.41. The van der Waals surface area contributed by atoms with Crippen molar-refractivity contribution in [3.63, 3.8) is 0 Å². The maximum Gasteiger partial charge on any atom is 0.306 e. The van der Waals surface area contributed by atoms with Gasteiger partial charge in [-0.05, 0) is 49.0 Å². The number of hydrogen-bond donors (Lipinski definition) is 2. The van der Waals surface area contributed by atoms with Crippen LogP contribution in [0.4, 0.5) is 0 Å². The van der Waals surface area contributed by atoms with Crippen LogP contribution in [0.2, 0.25) is 0 Å². The summed E-state index contributed by atoms with van der Waals surface area (Å²) in [5.74, 6) is -2.45. The van der Waals surface area contributed by atoms with Gasteiger partial charge in [0.25, 0.3) is 0 Å². The molecule has 0 aromatic rings. The third-order valence-electron chi connectivity index (χ3n) is 11.9. The Hall–Kier alpha value is -2.06. The Kier molecular flexibility index (Phi) is 20.5. The van der Waals surface area contributed by atoms with Crippen LogP contribution >= 0.6 is 11.8 Å². The number of carboxylic acids is 1. The predicted molar refractivity (Wildman–Crippen MR) is 211 cm³/mol. The van der Waals surface area contributed by atoms with Gasteiger partial charge in [-0.25, -0.2) is 0 Å². The van der Waals surface area contributed by atoms with E-state index in [2.05, 4.69) is 37.9 Å². The van der Waals surface area contributed by atoms with Gasteiger partial charge < -0.3 is 29.7 Å². The standard InChI is InChI=1S/C40H72N4O8S/c1-12-27(6)37(42(8)39(48)30(25(2)3)23-33(46)36(26(4)5)43-19-16-41-17-20-43)34(51-9)24-35(47)44-18-13-14-31(44)38(52-10)28(7)32(45)22-29(40(49)50)15-21-53-11/h25-31,34,36-38,41H,12-24H2,1-11H3,(H,49,50)/t27-,28-,29+,30-,31-,34?,36-,37-,38+/m0/s1. The van der Waals surface area contributed by atoms with Gasteiger partial charge >= 0.3 is 5.97 Å². The molecule has 13 heteroatoms. The number of nitrogens with zero attached hydrogens (tertiary/aromatic N) is 3. The zero-order chi connectivity index (χ0) is 40.0. The van der Waals surface area contributed by atoms with E-state index in [1.54, 1.807) is 42.6 Å². The van der Waals surface area contributed by atoms with E-state index in [-0.39, 0.29) is 72.5 Å². The molecule has 53 heavy (non-hydrogen) atoms. The fraction of sp³-hybridized carbons (Fsp3) is 0.875. The molecule has 0 saturated carbocycles. The van der Waals surface area contributed by atoms with E-state index < -0.39 is 42.0 Å². The third-order valence-corrected chi connectivity index (χ3v) is 12.5. The van der Waals surface area contributed by atoms with E-state index in [4.69, 9.17) is 9.47 Å². The summed E-state index contributed by atoms with van der Waals surface area (Å²) in [6, 6.07) is -1.01. The van der Waals surface area contributed by atoms with Crippen LogP contribution in [0.5, 0.6) is 0 Å². The fourth-order valence-electron chi connectivity index (χ4n) is 8.51. The van der Waals surface area contributed by atoms with Crippen LogP contribution in [0.25, 0.3) is 0 Å². The molecule has 1 unspecified atom stereocenters. The summed E-state index contributed by atoms with van der Waals surface area (Å²) in [7, 11) is 4.90. The van der Waals surface area contributed by atoms with Crippen molar-refractivity contribution in [1.29, 1.82) is 0 Å². The number of likely N-dealkylation sites (tertiary alicyclic amines) is 1. The highest BCUT2D eigenvalue weighted by Crippen LogP contribution is 2.32. The molecule has 2 amide bonds. The molecular formula is C40H72N4O8S. The van der Waals surface area contributed by atoms with Crippen molar-refractivity contribution in [3.8, 4) is 0 Å². The van der Waals surface area contributed by atoms with Crippen LogP contribution in [0.1, 0.15) is 93.4 Å². The molecule has 0 aliphatic carbocycles.